The molecule has 0 radical (unpaired) electrons. The summed E-state index contributed by atoms with van der Waals surface area (Å²) in [6.45, 7) is 2.65. The second kappa shape index (κ2) is 6.71. The van der Waals surface area contributed by atoms with Gasteiger partial charge >= 0.3 is 0 Å². The molecule has 1 aromatic carbocycles. The molecule has 0 spiro atoms. The highest BCUT2D eigenvalue weighted by Crippen LogP contribution is 2.46. The van der Waals surface area contributed by atoms with Gasteiger partial charge in [-0.1, -0.05) is 18.5 Å². The van der Waals surface area contributed by atoms with Crippen LogP contribution in [0.25, 0.3) is 0 Å². The molecule has 0 aromatic heterocycles. The summed E-state index contributed by atoms with van der Waals surface area (Å²) in [5.41, 5.74) is 6.50. The van der Waals surface area contributed by atoms with Crippen LogP contribution in [0.3, 0.4) is 0 Å². The third-order valence-electron chi connectivity index (χ3n) is 2.92. The van der Waals surface area contributed by atoms with Crippen LogP contribution in [0.15, 0.2) is 6.07 Å². The second-order valence-corrected chi connectivity index (χ2v) is 4.40. The van der Waals surface area contributed by atoms with Crippen LogP contribution in [0.2, 0.25) is 5.02 Å². The molecular formula is C13H20ClNO3. The van der Waals surface area contributed by atoms with Gasteiger partial charge in [0.25, 0.3) is 0 Å². The number of ether oxygens (including phenoxy) is 3. The molecule has 5 heteroatoms. The minimum absolute atomic E-state index is 0.192. The number of hydrogen-bond acceptors (Lipinski definition) is 4. The molecule has 0 amide bonds. The summed E-state index contributed by atoms with van der Waals surface area (Å²) in [6.07, 6.45) is 0.825. The van der Waals surface area contributed by atoms with Crippen molar-refractivity contribution in [1.82, 2.24) is 0 Å². The maximum Gasteiger partial charge on any atom is 0.179 e. The van der Waals surface area contributed by atoms with E-state index in [1.54, 1.807) is 27.4 Å². The zero-order valence-corrected chi connectivity index (χ0v) is 12.0. The number of benzene rings is 1. The van der Waals surface area contributed by atoms with E-state index < -0.39 is 0 Å². The molecule has 0 bridgehead atoms. The van der Waals surface area contributed by atoms with E-state index in [2.05, 4.69) is 6.92 Å². The molecule has 0 aliphatic heterocycles. The maximum atomic E-state index is 6.38. The second-order valence-electron chi connectivity index (χ2n) is 4.02. The van der Waals surface area contributed by atoms with Crippen molar-refractivity contribution in [2.75, 3.05) is 27.9 Å². The third-order valence-corrected chi connectivity index (χ3v) is 3.30. The minimum atomic E-state index is 0.192. The number of rotatable bonds is 6. The van der Waals surface area contributed by atoms with Gasteiger partial charge in [-0.15, -0.1) is 0 Å². The Bertz CT molecular complexity index is 410. The average Bonchev–Trinajstić information content (AvgIpc) is 2.37. The molecule has 0 saturated heterocycles. The van der Waals surface area contributed by atoms with Gasteiger partial charge in [0.2, 0.25) is 0 Å². The fraction of sp³-hybridized carbons (Fsp3) is 0.538. The van der Waals surface area contributed by atoms with E-state index in [4.69, 9.17) is 31.5 Å². The average molecular weight is 274 g/mol. The highest BCUT2D eigenvalue weighted by Gasteiger charge is 2.22. The molecule has 18 heavy (non-hydrogen) atoms. The molecule has 1 aromatic rings. The van der Waals surface area contributed by atoms with Crippen molar-refractivity contribution in [3.8, 4) is 17.2 Å². The van der Waals surface area contributed by atoms with Gasteiger partial charge in [0.1, 0.15) is 5.75 Å². The summed E-state index contributed by atoms with van der Waals surface area (Å²) in [6, 6.07) is 1.78. The lowest BCUT2D eigenvalue weighted by molar-refractivity contribution is 0.346. The predicted octanol–water partition coefficient (Wildman–Crippen LogP) is 2.82. The summed E-state index contributed by atoms with van der Waals surface area (Å²) < 4.78 is 15.9. The first-order valence-electron chi connectivity index (χ1n) is 5.79. The first kappa shape index (κ1) is 14.9. The van der Waals surface area contributed by atoms with E-state index in [9.17, 15) is 0 Å². The van der Waals surface area contributed by atoms with Crippen molar-refractivity contribution < 1.29 is 14.2 Å². The van der Waals surface area contributed by atoms with Gasteiger partial charge in [0.05, 0.1) is 26.4 Å². The van der Waals surface area contributed by atoms with Gasteiger partial charge in [-0.25, -0.2) is 0 Å². The van der Waals surface area contributed by atoms with Crippen LogP contribution >= 0.6 is 11.6 Å². The molecule has 0 aliphatic carbocycles. The fourth-order valence-corrected chi connectivity index (χ4v) is 2.41. The first-order chi connectivity index (χ1) is 8.60. The van der Waals surface area contributed by atoms with E-state index >= 15 is 0 Å². The topological polar surface area (TPSA) is 53.7 Å². The smallest absolute Gasteiger partial charge is 0.179 e. The van der Waals surface area contributed by atoms with Crippen LogP contribution in [-0.2, 0) is 0 Å². The van der Waals surface area contributed by atoms with Crippen molar-refractivity contribution in [2.24, 2.45) is 5.73 Å². The summed E-state index contributed by atoms with van der Waals surface area (Å²) in [7, 11) is 4.74. The lowest BCUT2D eigenvalue weighted by atomic mass is 9.96. The molecule has 1 rings (SSSR count). The van der Waals surface area contributed by atoms with Gasteiger partial charge in [0.15, 0.2) is 11.5 Å². The lowest BCUT2D eigenvalue weighted by Gasteiger charge is -2.20. The summed E-state index contributed by atoms with van der Waals surface area (Å²) in [5.74, 6) is 1.97. The Labute approximate surface area is 113 Å². The van der Waals surface area contributed by atoms with Gasteiger partial charge < -0.3 is 19.9 Å². The summed E-state index contributed by atoms with van der Waals surface area (Å²) in [5, 5.41) is 0.523. The number of nitrogens with two attached hydrogens (primary N) is 1. The van der Waals surface area contributed by atoms with Crippen molar-refractivity contribution in [2.45, 2.75) is 19.3 Å². The number of hydrogen-bond donors (Lipinski definition) is 1. The predicted molar refractivity (Wildman–Crippen MR) is 73.2 cm³/mol. The Morgan fingerprint density at radius 3 is 2.22 bits per heavy atom. The van der Waals surface area contributed by atoms with Crippen molar-refractivity contribution in [1.29, 1.82) is 0 Å². The normalized spacial score (nSPS) is 12.1. The molecule has 102 valence electrons. The van der Waals surface area contributed by atoms with E-state index in [1.807, 2.05) is 0 Å². The standard InChI is InChI=1S/C13H20ClNO3/c1-8(5-6-15)11-9(16-2)7-10(17-3)13(18-4)12(11)14/h7-8H,5-6,15H2,1-4H3. The van der Waals surface area contributed by atoms with E-state index in [0.29, 0.717) is 28.8 Å². The summed E-state index contributed by atoms with van der Waals surface area (Å²) >= 11 is 6.38. The van der Waals surface area contributed by atoms with Crippen LogP contribution in [0.1, 0.15) is 24.8 Å². The highest BCUT2D eigenvalue weighted by atomic mass is 35.5. The minimum Gasteiger partial charge on any atom is -0.496 e. The molecule has 1 atom stereocenters. The Kier molecular flexibility index (Phi) is 5.56. The van der Waals surface area contributed by atoms with Crippen LogP contribution in [-0.4, -0.2) is 27.9 Å². The van der Waals surface area contributed by atoms with Crippen molar-refractivity contribution in [3.05, 3.63) is 16.7 Å². The maximum absolute atomic E-state index is 6.38. The zero-order valence-electron chi connectivity index (χ0n) is 11.2. The molecule has 0 saturated carbocycles. The lowest BCUT2D eigenvalue weighted by Crippen LogP contribution is -2.07. The number of methoxy groups -OCH3 is 3. The Balaban J connectivity index is 3.38. The van der Waals surface area contributed by atoms with E-state index in [1.165, 1.54) is 0 Å². The fourth-order valence-electron chi connectivity index (χ4n) is 1.97. The number of halogens is 1. The largest absolute Gasteiger partial charge is 0.496 e. The van der Waals surface area contributed by atoms with Crippen LogP contribution < -0.4 is 19.9 Å². The molecule has 0 fully saturated rings. The van der Waals surface area contributed by atoms with Crippen molar-refractivity contribution in [3.63, 3.8) is 0 Å². The van der Waals surface area contributed by atoms with Crippen molar-refractivity contribution >= 4 is 11.6 Å². The van der Waals surface area contributed by atoms with Gasteiger partial charge in [0, 0.05) is 11.6 Å². The van der Waals surface area contributed by atoms with Crippen LogP contribution in [0, 0.1) is 0 Å². The Morgan fingerprint density at radius 2 is 1.78 bits per heavy atom. The van der Waals surface area contributed by atoms with Crippen LogP contribution in [0.5, 0.6) is 17.2 Å². The molecule has 0 aliphatic rings. The zero-order chi connectivity index (χ0) is 13.7. The van der Waals surface area contributed by atoms with E-state index in [0.717, 1.165) is 12.0 Å². The van der Waals surface area contributed by atoms with Gasteiger partial charge in [-0.3, -0.25) is 0 Å². The Morgan fingerprint density at radius 1 is 1.17 bits per heavy atom. The third kappa shape index (κ3) is 2.82. The molecule has 0 heterocycles. The quantitative estimate of drug-likeness (QED) is 0.866. The van der Waals surface area contributed by atoms with Gasteiger partial charge in [-0.05, 0) is 18.9 Å². The molecule has 1 unspecified atom stereocenters. The monoisotopic (exact) mass is 273 g/mol. The van der Waals surface area contributed by atoms with E-state index in [-0.39, 0.29) is 5.92 Å². The summed E-state index contributed by atoms with van der Waals surface area (Å²) in [4.78, 5) is 0. The molecule has 4 nitrogen and oxygen atoms in total. The molecule has 2 N–H and O–H groups in total. The first-order valence-corrected chi connectivity index (χ1v) is 6.16. The molecular weight excluding hydrogens is 254 g/mol. The highest BCUT2D eigenvalue weighted by molar-refractivity contribution is 6.33. The van der Waals surface area contributed by atoms with Crippen LogP contribution in [0.4, 0.5) is 0 Å². The Hall–Kier alpha value is -1.13. The SMILES string of the molecule is COc1cc(OC)c(C(C)CCN)c(Cl)c1OC. The van der Waals surface area contributed by atoms with Gasteiger partial charge in [-0.2, -0.15) is 0 Å².